The highest BCUT2D eigenvalue weighted by atomic mass is 79.9. The number of hydrogen-bond donors (Lipinski definition) is 2. The number of carbonyl (C=O) groups is 2. The van der Waals surface area contributed by atoms with E-state index in [1.165, 1.54) is 10.5 Å². The van der Waals surface area contributed by atoms with E-state index in [1.807, 2.05) is 24.3 Å². The Morgan fingerprint density at radius 2 is 2.24 bits per heavy atom. The molecule has 21 heavy (non-hydrogen) atoms. The molecule has 6 heteroatoms. The van der Waals surface area contributed by atoms with Crippen LogP contribution in [0, 0.1) is 0 Å². The Hall–Kier alpha value is -1.82. The summed E-state index contributed by atoms with van der Waals surface area (Å²) >= 11 is 3.42. The number of halogens is 1. The van der Waals surface area contributed by atoms with Crippen LogP contribution in [0.3, 0.4) is 0 Å². The molecule has 1 heterocycles. The van der Waals surface area contributed by atoms with Crippen LogP contribution in [0.2, 0.25) is 0 Å². The summed E-state index contributed by atoms with van der Waals surface area (Å²) in [5, 5.41) is 12.3. The molecule has 0 fully saturated rings. The molecule has 2 N–H and O–H groups in total. The molecule has 112 valence electrons. The van der Waals surface area contributed by atoms with Gasteiger partial charge in [-0.05, 0) is 30.5 Å². The van der Waals surface area contributed by atoms with E-state index in [-0.39, 0.29) is 18.0 Å². The number of aryl methyl sites for hydroxylation is 1. The van der Waals surface area contributed by atoms with Crippen molar-refractivity contribution in [2.24, 2.45) is 0 Å². The molecule has 2 amide bonds. The highest BCUT2D eigenvalue weighted by Crippen LogP contribution is 2.15. The molecular weight excluding hydrogens is 336 g/mol. The summed E-state index contributed by atoms with van der Waals surface area (Å²) < 4.78 is 1.03. The first kappa shape index (κ1) is 15.6. The summed E-state index contributed by atoms with van der Waals surface area (Å²) in [6.07, 6.45) is 1.64. The minimum absolute atomic E-state index is 0.143. The molecule has 0 saturated heterocycles. The van der Waals surface area contributed by atoms with Gasteiger partial charge in [-0.25, -0.2) is 0 Å². The maximum absolute atomic E-state index is 11.9. The van der Waals surface area contributed by atoms with E-state index in [9.17, 15) is 14.7 Å². The zero-order valence-electron chi connectivity index (χ0n) is 11.7. The van der Waals surface area contributed by atoms with Crippen molar-refractivity contribution in [3.63, 3.8) is 0 Å². The molecule has 0 atom stereocenters. The molecular formula is C15H17BrN2O3. The van der Waals surface area contributed by atoms with E-state index in [1.54, 1.807) is 7.05 Å². The van der Waals surface area contributed by atoms with Gasteiger partial charge in [-0.1, -0.05) is 28.1 Å². The van der Waals surface area contributed by atoms with E-state index >= 15 is 0 Å². The molecule has 0 spiro atoms. The standard InChI is InChI=1S/C15H17BrN2O3/c1-18-9-12(13(19)15(18)21)14(20)17-7-3-5-10-4-2-6-11(16)8-10/h2,4,6,8,19H,3,5,7,9H2,1H3,(H,17,20). The number of nitrogens with zero attached hydrogens (tertiary/aromatic N) is 1. The lowest BCUT2D eigenvalue weighted by atomic mass is 10.1. The molecule has 1 aromatic rings. The maximum Gasteiger partial charge on any atom is 0.289 e. The van der Waals surface area contributed by atoms with E-state index < -0.39 is 11.7 Å². The molecule has 0 saturated carbocycles. The van der Waals surface area contributed by atoms with Crippen molar-refractivity contribution in [1.29, 1.82) is 0 Å². The van der Waals surface area contributed by atoms with Crippen LogP contribution in [0.15, 0.2) is 40.1 Å². The highest BCUT2D eigenvalue weighted by Gasteiger charge is 2.31. The predicted octanol–water partition coefficient (Wildman–Crippen LogP) is 1.78. The predicted molar refractivity (Wildman–Crippen MR) is 82.8 cm³/mol. The number of aliphatic hydroxyl groups excluding tert-OH is 1. The Labute approximate surface area is 131 Å². The van der Waals surface area contributed by atoms with Crippen LogP contribution in [0.5, 0.6) is 0 Å². The third-order valence-electron chi connectivity index (χ3n) is 3.32. The Morgan fingerprint density at radius 1 is 1.48 bits per heavy atom. The van der Waals surface area contributed by atoms with Gasteiger partial charge in [0.15, 0.2) is 5.76 Å². The number of aliphatic hydroxyl groups is 1. The van der Waals surface area contributed by atoms with Gasteiger partial charge < -0.3 is 15.3 Å². The molecule has 0 radical (unpaired) electrons. The number of hydrogen-bond acceptors (Lipinski definition) is 3. The molecule has 0 unspecified atom stereocenters. The van der Waals surface area contributed by atoms with Gasteiger partial charge in [-0.15, -0.1) is 0 Å². The third kappa shape index (κ3) is 3.85. The average Bonchev–Trinajstić information content (AvgIpc) is 2.71. The number of carbonyl (C=O) groups excluding carboxylic acids is 2. The van der Waals surface area contributed by atoms with Crippen molar-refractivity contribution in [2.45, 2.75) is 12.8 Å². The molecule has 5 nitrogen and oxygen atoms in total. The second kappa shape index (κ2) is 6.76. The quantitative estimate of drug-likeness (QED) is 0.793. The summed E-state index contributed by atoms with van der Waals surface area (Å²) in [6.45, 7) is 0.655. The fourth-order valence-corrected chi connectivity index (χ4v) is 2.61. The molecule has 1 aliphatic rings. The first-order chi connectivity index (χ1) is 9.99. The molecule has 0 aromatic heterocycles. The van der Waals surface area contributed by atoms with Crippen molar-refractivity contribution in [3.05, 3.63) is 45.6 Å². The van der Waals surface area contributed by atoms with Crippen molar-refractivity contribution in [2.75, 3.05) is 20.1 Å². The van der Waals surface area contributed by atoms with Crippen molar-refractivity contribution >= 4 is 27.7 Å². The van der Waals surface area contributed by atoms with Gasteiger partial charge >= 0.3 is 0 Å². The Balaban J connectivity index is 1.79. The van der Waals surface area contributed by atoms with Gasteiger partial charge in [-0.3, -0.25) is 9.59 Å². The summed E-state index contributed by atoms with van der Waals surface area (Å²) in [5.74, 6) is -1.32. The Morgan fingerprint density at radius 3 is 2.86 bits per heavy atom. The molecule has 0 aliphatic carbocycles. The normalized spacial score (nSPS) is 14.8. The van der Waals surface area contributed by atoms with Crippen LogP contribution in [-0.2, 0) is 16.0 Å². The van der Waals surface area contributed by atoms with Gasteiger partial charge in [0.2, 0.25) is 0 Å². The zero-order chi connectivity index (χ0) is 15.4. The van der Waals surface area contributed by atoms with E-state index in [4.69, 9.17) is 0 Å². The molecule has 0 bridgehead atoms. The highest BCUT2D eigenvalue weighted by molar-refractivity contribution is 9.10. The van der Waals surface area contributed by atoms with Crippen LogP contribution >= 0.6 is 15.9 Å². The third-order valence-corrected chi connectivity index (χ3v) is 3.81. The topological polar surface area (TPSA) is 69.6 Å². The van der Waals surface area contributed by atoms with E-state index in [0.29, 0.717) is 6.54 Å². The fourth-order valence-electron chi connectivity index (χ4n) is 2.17. The van der Waals surface area contributed by atoms with Gasteiger partial charge in [0.1, 0.15) is 0 Å². The van der Waals surface area contributed by atoms with Crippen molar-refractivity contribution in [1.82, 2.24) is 10.2 Å². The second-order valence-corrected chi connectivity index (χ2v) is 5.89. The van der Waals surface area contributed by atoms with Gasteiger partial charge in [0.25, 0.3) is 11.8 Å². The number of amides is 2. The smallest absolute Gasteiger partial charge is 0.289 e. The number of rotatable bonds is 5. The first-order valence-corrected chi connectivity index (χ1v) is 7.48. The van der Waals surface area contributed by atoms with Crippen molar-refractivity contribution < 1.29 is 14.7 Å². The summed E-state index contributed by atoms with van der Waals surface area (Å²) in [5.41, 5.74) is 1.33. The van der Waals surface area contributed by atoms with Crippen LogP contribution in [0.1, 0.15) is 12.0 Å². The monoisotopic (exact) mass is 352 g/mol. The summed E-state index contributed by atoms with van der Waals surface area (Å²) in [4.78, 5) is 24.6. The summed E-state index contributed by atoms with van der Waals surface area (Å²) in [6, 6.07) is 8.02. The average molecular weight is 353 g/mol. The second-order valence-electron chi connectivity index (χ2n) is 4.98. The minimum Gasteiger partial charge on any atom is -0.503 e. The largest absolute Gasteiger partial charge is 0.503 e. The van der Waals surface area contributed by atoms with Crippen LogP contribution in [0.25, 0.3) is 0 Å². The lowest BCUT2D eigenvalue weighted by Gasteiger charge is -2.08. The Bertz CT molecular complexity index is 598. The first-order valence-electron chi connectivity index (χ1n) is 6.69. The van der Waals surface area contributed by atoms with Crippen molar-refractivity contribution in [3.8, 4) is 0 Å². The van der Waals surface area contributed by atoms with E-state index in [0.717, 1.165) is 17.3 Å². The lowest BCUT2D eigenvalue weighted by Crippen LogP contribution is -2.29. The maximum atomic E-state index is 11.9. The Kier molecular flexibility index (Phi) is 5.01. The fraction of sp³-hybridized carbons (Fsp3) is 0.333. The molecule has 1 aromatic carbocycles. The number of nitrogens with one attached hydrogen (secondary N) is 1. The van der Waals surface area contributed by atoms with E-state index in [2.05, 4.69) is 21.2 Å². The van der Waals surface area contributed by atoms with Gasteiger partial charge in [0, 0.05) is 18.1 Å². The SMILES string of the molecule is CN1CC(C(=O)NCCCc2cccc(Br)c2)=C(O)C1=O. The zero-order valence-corrected chi connectivity index (χ0v) is 13.3. The molecule has 2 rings (SSSR count). The minimum atomic E-state index is -0.505. The lowest BCUT2D eigenvalue weighted by molar-refractivity contribution is -0.126. The van der Waals surface area contributed by atoms with Crippen LogP contribution in [-0.4, -0.2) is 42.0 Å². The number of likely N-dealkylation sites (N-methyl/N-ethyl adjacent to an activating group) is 1. The molecule has 1 aliphatic heterocycles. The number of benzene rings is 1. The van der Waals surface area contributed by atoms with Crippen LogP contribution in [0.4, 0.5) is 0 Å². The van der Waals surface area contributed by atoms with Gasteiger partial charge in [0.05, 0.1) is 12.1 Å². The van der Waals surface area contributed by atoms with Gasteiger partial charge in [-0.2, -0.15) is 0 Å². The summed E-state index contributed by atoms with van der Waals surface area (Å²) in [7, 11) is 1.55. The van der Waals surface area contributed by atoms with Crippen LogP contribution < -0.4 is 5.32 Å².